The summed E-state index contributed by atoms with van der Waals surface area (Å²) in [7, 11) is 0. The van der Waals surface area contributed by atoms with Crippen LogP contribution in [0, 0.1) is 13.8 Å². The fourth-order valence-corrected chi connectivity index (χ4v) is 1.86. The minimum absolute atomic E-state index is 0.594. The number of halogens is 4. The maximum atomic E-state index is 11.9. The van der Waals surface area contributed by atoms with Gasteiger partial charge in [0.1, 0.15) is 0 Å². The lowest BCUT2D eigenvalue weighted by Gasteiger charge is -2.05. The van der Waals surface area contributed by atoms with Crippen molar-refractivity contribution >= 4 is 15.9 Å². The molecule has 0 nitrogen and oxygen atoms in total. The molecule has 0 unspecified atom stereocenters. The van der Waals surface area contributed by atoms with E-state index in [0.717, 1.165) is 22.2 Å². The van der Waals surface area contributed by atoms with Gasteiger partial charge in [0, 0.05) is 4.47 Å². The van der Waals surface area contributed by atoms with Gasteiger partial charge in [-0.15, -0.1) is 0 Å². The molecule has 0 bridgehead atoms. The van der Waals surface area contributed by atoms with Gasteiger partial charge in [-0.1, -0.05) is 51.3 Å². The molecule has 0 aromatic heterocycles. The number of hydrogen-bond donors (Lipinski definition) is 0. The second kappa shape index (κ2) is 6.75. The molecule has 0 amide bonds. The molecule has 0 N–H and O–H groups in total. The van der Waals surface area contributed by atoms with Crippen LogP contribution in [0.4, 0.5) is 13.2 Å². The second-order valence-corrected chi connectivity index (χ2v) is 5.08. The average molecular weight is 331 g/mol. The predicted octanol–water partition coefficient (Wildman–Crippen LogP) is 5.77. The van der Waals surface area contributed by atoms with E-state index in [0.29, 0.717) is 0 Å². The summed E-state index contributed by atoms with van der Waals surface area (Å²) in [6, 6.07) is 13.3. The molecule has 2 aromatic rings. The molecule has 19 heavy (non-hydrogen) atoms. The Morgan fingerprint density at radius 2 is 1.42 bits per heavy atom. The fourth-order valence-electron chi connectivity index (χ4n) is 1.35. The van der Waals surface area contributed by atoms with Crippen LogP contribution in [0.2, 0.25) is 0 Å². The first-order valence-corrected chi connectivity index (χ1v) is 6.44. The first kappa shape index (κ1) is 15.8. The smallest absolute Gasteiger partial charge is 0.166 e. The number of alkyl halides is 3. The minimum atomic E-state index is -4.21. The zero-order chi connectivity index (χ0) is 14.5. The Morgan fingerprint density at radius 3 is 1.79 bits per heavy atom. The van der Waals surface area contributed by atoms with Gasteiger partial charge in [0.2, 0.25) is 0 Å². The van der Waals surface area contributed by atoms with Gasteiger partial charge in [0.25, 0.3) is 0 Å². The van der Waals surface area contributed by atoms with E-state index in [1.54, 1.807) is 6.92 Å². The van der Waals surface area contributed by atoms with Gasteiger partial charge in [0.15, 0.2) is 0 Å². The molecule has 0 radical (unpaired) electrons. The molecular formula is C15H14BrF3. The van der Waals surface area contributed by atoms with E-state index in [2.05, 4.69) is 35.0 Å². The summed E-state index contributed by atoms with van der Waals surface area (Å²) in [6.45, 7) is 3.82. The van der Waals surface area contributed by atoms with Crippen molar-refractivity contribution in [3.63, 3.8) is 0 Å². The summed E-state index contributed by atoms with van der Waals surface area (Å²) in [5, 5.41) is 0. The molecule has 0 aliphatic carbocycles. The molecule has 0 fully saturated rings. The molecule has 0 saturated carbocycles. The van der Waals surface area contributed by atoms with E-state index in [1.807, 2.05) is 12.1 Å². The molecule has 0 atom stereocenters. The number of aryl methyl sites for hydroxylation is 2. The van der Waals surface area contributed by atoms with E-state index in [1.165, 1.54) is 17.7 Å². The molecule has 0 spiro atoms. The van der Waals surface area contributed by atoms with Crippen molar-refractivity contribution in [2.45, 2.75) is 20.0 Å². The maximum absolute atomic E-state index is 11.9. The normalized spacial score (nSPS) is 10.6. The quantitative estimate of drug-likeness (QED) is 0.575. The van der Waals surface area contributed by atoms with Gasteiger partial charge in [-0.3, -0.25) is 0 Å². The molecule has 0 aliphatic heterocycles. The Balaban J connectivity index is 0.000000200. The zero-order valence-electron chi connectivity index (χ0n) is 10.6. The van der Waals surface area contributed by atoms with Gasteiger partial charge < -0.3 is 0 Å². The molecule has 0 heterocycles. The van der Waals surface area contributed by atoms with Crippen molar-refractivity contribution in [2.24, 2.45) is 0 Å². The maximum Gasteiger partial charge on any atom is 0.416 e. The van der Waals surface area contributed by atoms with Crippen molar-refractivity contribution in [1.29, 1.82) is 0 Å². The standard InChI is InChI=1S/C8H7F3.C7H7Br/c1-6-2-4-7(5-3-6)8(9,10)11;1-6-3-2-4-7(8)5-6/h2-5H,1H3;2-5H,1H3. The highest BCUT2D eigenvalue weighted by Crippen LogP contribution is 2.28. The summed E-state index contributed by atoms with van der Waals surface area (Å²) in [5.41, 5.74) is 1.53. The predicted molar refractivity (Wildman–Crippen MR) is 75.1 cm³/mol. The first-order chi connectivity index (χ1) is 8.79. The lowest BCUT2D eigenvalue weighted by molar-refractivity contribution is -0.137. The van der Waals surface area contributed by atoms with Crippen molar-refractivity contribution in [1.82, 2.24) is 0 Å². The van der Waals surface area contributed by atoms with Crippen LogP contribution in [0.1, 0.15) is 16.7 Å². The highest BCUT2D eigenvalue weighted by molar-refractivity contribution is 9.10. The van der Waals surface area contributed by atoms with Gasteiger partial charge in [-0.2, -0.15) is 13.2 Å². The summed E-state index contributed by atoms with van der Waals surface area (Å²) in [4.78, 5) is 0. The molecule has 4 heteroatoms. The van der Waals surface area contributed by atoms with Crippen molar-refractivity contribution in [3.05, 3.63) is 69.7 Å². The lowest BCUT2D eigenvalue weighted by atomic mass is 10.1. The molecule has 0 saturated heterocycles. The van der Waals surface area contributed by atoms with Crippen LogP contribution in [-0.2, 0) is 6.18 Å². The fraction of sp³-hybridized carbons (Fsp3) is 0.200. The number of benzene rings is 2. The molecule has 0 aliphatic rings. The van der Waals surface area contributed by atoms with Gasteiger partial charge >= 0.3 is 6.18 Å². The average Bonchev–Trinajstić information content (AvgIpc) is 2.28. The Labute approximate surface area is 119 Å². The second-order valence-electron chi connectivity index (χ2n) is 4.16. The highest BCUT2D eigenvalue weighted by Gasteiger charge is 2.29. The highest BCUT2D eigenvalue weighted by atomic mass is 79.9. The van der Waals surface area contributed by atoms with Gasteiger partial charge in [-0.25, -0.2) is 0 Å². The van der Waals surface area contributed by atoms with Crippen LogP contribution in [0.3, 0.4) is 0 Å². The Hall–Kier alpha value is -1.29. The van der Waals surface area contributed by atoms with E-state index >= 15 is 0 Å². The molecule has 102 valence electrons. The summed E-state index contributed by atoms with van der Waals surface area (Å²) < 4.78 is 36.9. The minimum Gasteiger partial charge on any atom is -0.166 e. The van der Waals surface area contributed by atoms with Crippen LogP contribution in [-0.4, -0.2) is 0 Å². The first-order valence-electron chi connectivity index (χ1n) is 5.65. The Morgan fingerprint density at radius 1 is 0.842 bits per heavy atom. The van der Waals surface area contributed by atoms with Gasteiger partial charge in [0.05, 0.1) is 5.56 Å². The van der Waals surface area contributed by atoms with Crippen molar-refractivity contribution in [3.8, 4) is 0 Å². The van der Waals surface area contributed by atoms with E-state index in [9.17, 15) is 13.2 Å². The largest absolute Gasteiger partial charge is 0.416 e. The van der Waals surface area contributed by atoms with E-state index in [-0.39, 0.29) is 0 Å². The number of hydrogen-bond acceptors (Lipinski definition) is 0. The van der Waals surface area contributed by atoms with Crippen molar-refractivity contribution in [2.75, 3.05) is 0 Å². The molecular weight excluding hydrogens is 317 g/mol. The Bertz CT molecular complexity index is 498. The third-order valence-corrected chi connectivity index (χ3v) is 2.85. The van der Waals surface area contributed by atoms with Crippen LogP contribution in [0.5, 0.6) is 0 Å². The summed E-state index contributed by atoms with van der Waals surface area (Å²) >= 11 is 3.36. The van der Waals surface area contributed by atoms with E-state index < -0.39 is 11.7 Å². The van der Waals surface area contributed by atoms with Crippen LogP contribution in [0.15, 0.2) is 53.0 Å². The molecule has 2 rings (SSSR count). The lowest BCUT2D eigenvalue weighted by Crippen LogP contribution is -2.03. The van der Waals surface area contributed by atoms with Crippen LogP contribution in [0.25, 0.3) is 0 Å². The third-order valence-electron chi connectivity index (χ3n) is 2.36. The molecule has 2 aromatic carbocycles. The topological polar surface area (TPSA) is 0 Å². The van der Waals surface area contributed by atoms with Crippen LogP contribution < -0.4 is 0 Å². The Kier molecular flexibility index (Phi) is 5.60. The van der Waals surface area contributed by atoms with E-state index in [4.69, 9.17) is 0 Å². The summed E-state index contributed by atoms with van der Waals surface area (Å²) in [6.07, 6.45) is -4.21. The van der Waals surface area contributed by atoms with Crippen molar-refractivity contribution < 1.29 is 13.2 Å². The number of rotatable bonds is 0. The van der Waals surface area contributed by atoms with Gasteiger partial charge in [-0.05, 0) is 38.1 Å². The third kappa shape index (κ3) is 5.92. The monoisotopic (exact) mass is 330 g/mol. The summed E-state index contributed by atoms with van der Waals surface area (Å²) in [5.74, 6) is 0. The SMILES string of the molecule is Cc1ccc(C(F)(F)F)cc1.Cc1cccc(Br)c1. The zero-order valence-corrected chi connectivity index (χ0v) is 12.2. The van der Waals surface area contributed by atoms with Crippen LogP contribution >= 0.6 is 15.9 Å².